The van der Waals surface area contributed by atoms with Gasteiger partial charge >= 0.3 is 0 Å². The van der Waals surface area contributed by atoms with Crippen molar-refractivity contribution in [2.75, 3.05) is 13.6 Å². The number of nitrogens with zero attached hydrogens (tertiary/aromatic N) is 4. The van der Waals surface area contributed by atoms with E-state index in [0.717, 1.165) is 102 Å². The van der Waals surface area contributed by atoms with E-state index >= 15 is 0 Å². The molecule has 4 aromatic rings. The fourth-order valence-electron chi connectivity index (χ4n) is 6.90. The number of nitrogens with one attached hydrogen (secondary N) is 4. The largest absolute Gasteiger partial charge is 0.359 e. The Bertz CT molecular complexity index is 2260. The van der Waals surface area contributed by atoms with Crippen molar-refractivity contribution in [3.05, 3.63) is 101 Å². The lowest BCUT2D eigenvalue weighted by molar-refractivity contribution is -0.121. The zero-order valence-corrected chi connectivity index (χ0v) is 30.2. The first-order chi connectivity index (χ1) is 24.6. The highest BCUT2D eigenvalue weighted by atomic mass is 16.2. The minimum Gasteiger partial charge on any atom is -0.359 e. The zero-order valence-electron chi connectivity index (χ0n) is 30.2. The maximum Gasteiger partial charge on any atom is 0.220 e. The number of aromatic nitrogens is 6. The van der Waals surface area contributed by atoms with Crippen LogP contribution in [0.5, 0.6) is 0 Å². The van der Waals surface area contributed by atoms with Crippen LogP contribution in [0.2, 0.25) is 0 Å². The summed E-state index contributed by atoms with van der Waals surface area (Å²) in [4.78, 5) is 47.1. The normalized spacial score (nSPS) is 12.7. The molecule has 0 aromatic carbocycles. The predicted octanol–water partition coefficient (Wildman–Crippen LogP) is 7.79. The molecule has 262 valence electrons. The summed E-state index contributed by atoms with van der Waals surface area (Å²) in [6, 6.07) is 8.27. The zero-order chi connectivity index (χ0) is 36.2. The van der Waals surface area contributed by atoms with Gasteiger partial charge in [-0.1, -0.05) is 25.3 Å². The van der Waals surface area contributed by atoms with Crippen LogP contribution < -0.4 is 10.6 Å². The number of fused-ring (bicyclic) bond motifs is 8. The third-order valence-corrected chi connectivity index (χ3v) is 10.00. The smallest absolute Gasteiger partial charge is 0.220 e. The van der Waals surface area contributed by atoms with Gasteiger partial charge in [0.25, 0.3) is 0 Å². The Balaban J connectivity index is 1.49. The van der Waals surface area contributed by atoms with Crippen LogP contribution in [0.3, 0.4) is 0 Å². The van der Waals surface area contributed by atoms with Crippen molar-refractivity contribution in [3.8, 4) is 0 Å². The van der Waals surface area contributed by atoms with Gasteiger partial charge in [0.15, 0.2) is 0 Å². The molecule has 6 rings (SSSR count). The molecule has 0 radical (unpaired) electrons. The Hall–Kier alpha value is -5.77. The van der Waals surface area contributed by atoms with E-state index in [1.54, 1.807) is 19.6 Å². The van der Waals surface area contributed by atoms with Crippen molar-refractivity contribution < 1.29 is 9.59 Å². The maximum atomic E-state index is 13.0. The fraction of sp³-hybridized carbons (Fsp3) is 0.293. The first-order valence-corrected chi connectivity index (χ1v) is 17.5. The van der Waals surface area contributed by atoms with E-state index < -0.39 is 0 Å². The molecule has 4 N–H and O–H groups in total. The summed E-state index contributed by atoms with van der Waals surface area (Å²) in [5, 5.41) is 5.82. The number of carbonyl (C=O) groups is 2. The average Bonchev–Trinajstić information content (AvgIpc) is 3.92. The van der Waals surface area contributed by atoms with E-state index in [1.165, 1.54) is 0 Å². The molecular formula is C41H46N8O2. The van der Waals surface area contributed by atoms with Crippen LogP contribution in [0.1, 0.15) is 91.0 Å². The second kappa shape index (κ2) is 15.0. The Morgan fingerprint density at radius 1 is 0.765 bits per heavy atom. The van der Waals surface area contributed by atoms with E-state index in [9.17, 15) is 9.59 Å². The van der Waals surface area contributed by atoms with Crippen LogP contribution in [0.15, 0.2) is 56.1 Å². The standard InChI is InChI=1S/C41H46N8O2/c1-8-28-24(3)32-19-33-26(5)31(12-14-41(51)44-15-10-17-49-18-16-43-23-49)39(47-33)22-38-30(11-13-40(50)42-7)27(6)35(48-38)21-37-29(9-2)25(4)34(46-37)20-36(28)45-32/h8-9,16,18-23,45-46H,1-2,10-15,17H2,3-7H3,(H,42,50)(H,44,51). The highest BCUT2D eigenvalue weighted by molar-refractivity contribution is 5.97. The summed E-state index contributed by atoms with van der Waals surface area (Å²) in [6.07, 6.45) is 11.7. The molecule has 10 heteroatoms. The number of carbonyl (C=O) groups excluding carboxylic acids is 2. The molecule has 0 spiro atoms. The predicted molar refractivity (Wildman–Crippen MR) is 208 cm³/mol. The first-order valence-electron chi connectivity index (χ1n) is 17.5. The minimum atomic E-state index is -0.0325. The highest BCUT2D eigenvalue weighted by Gasteiger charge is 2.23. The molecule has 8 bridgehead atoms. The second-order valence-electron chi connectivity index (χ2n) is 13.1. The van der Waals surface area contributed by atoms with Gasteiger partial charge in [-0.3, -0.25) is 9.59 Å². The number of H-pyrrole nitrogens is 2. The highest BCUT2D eigenvalue weighted by Crippen LogP contribution is 2.38. The molecule has 0 atom stereocenters. The Kier molecular flexibility index (Phi) is 10.3. The van der Waals surface area contributed by atoms with Gasteiger partial charge in [-0.2, -0.15) is 0 Å². The van der Waals surface area contributed by atoms with Crippen molar-refractivity contribution in [1.29, 1.82) is 0 Å². The van der Waals surface area contributed by atoms with Gasteiger partial charge in [0.1, 0.15) is 0 Å². The van der Waals surface area contributed by atoms with Gasteiger partial charge in [-0.25, -0.2) is 15.0 Å². The lowest BCUT2D eigenvalue weighted by Crippen LogP contribution is -2.24. The van der Waals surface area contributed by atoms with Crippen molar-refractivity contribution >= 4 is 68.3 Å². The third-order valence-electron chi connectivity index (χ3n) is 10.00. The molecule has 2 aliphatic rings. The van der Waals surface area contributed by atoms with Crippen molar-refractivity contribution in [2.24, 2.45) is 0 Å². The number of hydrogen-bond donors (Lipinski definition) is 4. The van der Waals surface area contributed by atoms with E-state index in [0.29, 0.717) is 32.2 Å². The van der Waals surface area contributed by atoms with Gasteiger partial charge in [-0.05, 0) is 105 Å². The van der Waals surface area contributed by atoms with Gasteiger partial charge in [0, 0.05) is 78.6 Å². The van der Waals surface area contributed by atoms with Crippen LogP contribution >= 0.6 is 0 Å². The summed E-state index contributed by atoms with van der Waals surface area (Å²) in [7, 11) is 1.65. The number of allylic oxidation sites excluding steroid dienone is 4. The lowest BCUT2D eigenvalue weighted by atomic mass is 9.98. The molecule has 0 unspecified atom stereocenters. The molecule has 4 aromatic heterocycles. The molecule has 2 aliphatic heterocycles. The van der Waals surface area contributed by atoms with Crippen molar-refractivity contribution in [3.63, 3.8) is 0 Å². The van der Waals surface area contributed by atoms with E-state index in [1.807, 2.05) is 29.0 Å². The molecule has 10 nitrogen and oxygen atoms in total. The minimum absolute atomic E-state index is 0.00370. The summed E-state index contributed by atoms with van der Waals surface area (Å²) >= 11 is 0. The second-order valence-corrected chi connectivity index (χ2v) is 13.1. The van der Waals surface area contributed by atoms with Crippen LogP contribution in [0, 0.1) is 13.8 Å². The lowest BCUT2D eigenvalue weighted by Gasteiger charge is -2.08. The molecule has 0 aliphatic carbocycles. The van der Waals surface area contributed by atoms with Crippen LogP contribution in [0.4, 0.5) is 0 Å². The van der Waals surface area contributed by atoms with Crippen molar-refractivity contribution in [1.82, 2.24) is 40.1 Å². The van der Waals surface area contributed by atoms with E-state index in [4.69, 9.17) is 9.97 Å². The summed E-state index contributed by atoms with van der Waals surface area (Å²) in [5.74, 6) is -0.0362. The molecule has 6 heterocycles. The van der Waals surface area contributed by atoms with E-state index in [-0.39, 0.29) is 11.8 Å². The van der Waals surface area contributed by atoms with Gasteiger partial charge in [0.2, 0.25) is 11.8 Å². The number of aryl methyl sites for hydroxylation is 3. The quantitative estimate of drug-likeness (QED) is 0.113. The van der Waals surface area contributed by atoms with E-state index in [2.05, 4.69) is 84.6 Å². The fourth-order valence-corrected chi connectivity index (χ4v) is 6.90. The SMILES string of the molecule is C=Cc1c(C)c2cc3[nH]c(cc4nc(cc5nc(cc1[nH]2)C(C)=C5CCC(=O)NC)C(CCC(=O)NCCCn1ccnc1)=C4C)c(C)c3C=C. The Morgan fingerprint density at radius 3 is 1.86 bits per heavy atom. The molecule has 0 saturated carbocycles. The Morgan fingerprint density at radius 2 is 1.31 bits per heavy atom. The number of aromatic amines is 2. The first kappa shape index (κ1) is 35.1. The van der Waals surface area contributed by atoms with Gasteiger partial charge < -0.3 is 25.2 Å². The van der Waals surface area contributed by atoms with Crippen LogP contribution in [0.25, 0.3) is 56.5 Å². The summed E-state index contributed by atoms with van der Waals surface area (Å²) < 4.78 is 2.00. The summed E-state index contributed by atoms with van der Waals surface area (Å²) in [5.41, 5.74) is 15.1. The van der Waals surface area contributed by atoms with Crippen LogP contribution in [-0.2, 0) is 16.1 Å². The van der Waals surface area contributed by atoms with Crippen molar-refractivity contribution in [2.45, 2.75) is 66.3 Å². The van der Waals surface area contributed by atoms with Gasteiger partial charge in [0.05, 0.1) is 29.1 Å². The molecular weight excluding hydrogens is 637 g/mol. The Labute approximate surface area is 298 Å². The third kappa shape index (κ3) is 7.26. The topological polar surface area (TPSA) is 133 Å². The molecule has 0 saturated heterocycles. The van der Waals surface area contributed by atoms with Gasteiger partial charge in [-0.15, -0.1) is 0 Å². The van der Waals surface area contributed by atoms with Crippen LogP contribution in [-0.4, -0.2) is 54.9 Å². The number of hydrogen-bond acceptors (Lipinski definition) is 5. The molecule has 0 fully saturated rings. The number of rotatable bonds is 12. The number of amides is 2. The monoisotopic (exact) mass is 682 g/mol. The average molecular weight is 683 g/mol. The molecule has 51 heavy (non-hydrogen) atoms. The number of imidazole rings is 1. The summed E-state index contributed by atoms with van der Waals surface area (Å²) in [6.45, 7) is 17.9. The molecule has 2 amide bonds. The maximum absolute atomic E-state index is 13.0.